The summed E-state index contributed by atoms with van der Waals surface area (Å²) < 4.78 is 4.60. The van der Waals surface area contributed by atoms with Crippen molar-refractivity contribution in [1.82, 2.24) is 8.96 Å². The van der Waals surface area contributed by atoms with E-state index >= 15 is 0 Å². The Morgan fingerprint density at radius 2 is 1.37 bits per heavy atom. The maximum absolute atomic E-state index is 5.19. The van der Waals surface area contributed by atoms with Gasteiger partial charge in [-0.2, -0.15) is 0 Å². The summed E-state index contributed by atoms with van der Waals surface area (Å²) in [5, 5.41) is 3.14. The Morgan fingerprint density at radius 1 is 0.791 bits per heavy atom. The number of rotatable bonds is 7. The van der Waals surface area contributed by atoms with Crippen molar-refractivity contribution >= 4 is 54.0 Å². The first-order valence-electron chi connectivity index (χ1n) is 15.8. The van der Waals surface area contributed by atoms with Crippen LogP contribution in [0.5, 0.6) is 0 Å². The van der Waals surface area contributed by atoms with Gasteiger partial charge in [-0.1, -0.05) is 142 Å². The lowest BCUT2D eigenvalue weighted by Crippen LogP contribution is -2.46. The quantitative estimate of drug-likeness (QED) is 0.252. The highest BCUT2D eigenvalue weighted by molar-refractivity contribution is 6.57. The van der Waals surface area contributed by atoms with E-state index in [4.69, 9.17) is 15.0 Å². The van der Waals surface area contributed by atoms with Crippen molar-refractivity contribution in [2.24, 2.45) is 15.0 Å². The molecule has 1 aromatic carbocycles. The number of aryl methyl sites for hydroxylation is 1. The van der Waals surface area contributed by atoms with Crippen molar-refractivity contribution in [3.05, 3.63) is 101 Å². The number of amidine groups is 2. The molecule has 0 amide bonds. The molecule has 2 bridgehead atoms. The Hall–Kier alpha value is -4.19. The second kappa shape index (κ2) is 16.5. The van der Waals surface area contributed by atoms with E-state index in [2.05, 4.69) is 79.5 Å². The standard InChI is InChI=1S/C31H32BN5.3C2H6/c1-8-13-19-32-36-20(6)22(10-3)26(16-9-2)30(36)34-28-23(11-4)24(12-5)29(33-28)35-31-27-18-15-14-17-25(27)21(7)37(31)32;3*1-2/h9-12,14-18H,3-6,8,13,19H2,1-2,7H3;3*1-2H3/b16-9-,34-30?,35-29-;;;. The monoisotopic (exact) mass is 575 g/mol. The normalized spacial score (nSPS) is 14.4. The van der Waals surface area contributed by atoms with Crippen LogP contribution in [0.15, 0.2) is 88.4 Å². The van der Waals surface area contributed by atoms with Gasteiger partial charge in [-0.3, -0.25) is 0 Å². The molecule has 0 spiro atoms. The average molecular weight is 576 g/mol. The van der Waals surface area contributed by atoms with Crippen molar-refractivity contribution in [2.75, 3.05) is 0 Å². The van der Waals surface area contributed by atoms with Gasteiger partial charge in [0.2, 0.25) is 0 Å². The van der Waals surface area contributed by atoms with Crippen molar-refractivity contribution in [2.45, 2.75) is 81.5 Å². The molecule has 5 nitrogen and oxygen atoms in total. The Bertz CT molecular complexity index is 1710. The van der Waals surface area contributed by atoms with Crippen LogP contribution in [0, 0.1) is 6.92 Å². The van der Waals surface area contributed by atoms with Gasteiger partial charge >= 0.3 is 6.98 Å². The number of aliphatic imine (C=N–C) groups is 2. The molecule has 0 unspecified atom stereocenters. The van der Waals surface area contributed by atoms with Crippen LogP contribution in [0.25, 0.3) is 29.5 Å². The summed E-state index contributed by atoms with van der Waals surface area (Å²) >= 11 is 0. The number of fused-ring (bicyclic) bond motifs is 5. The summed E-state index contributed by atoms with van der Waals surface area (Å²) in [6, 6.07) is 8.44. The number of benzene rings is 1. The number of hydrogen-bond donors (Lipinski definition) is 0. The van der Waals surface area contributed by atoms with E-state index in [1.165, 1.54) is 5.39 Å². The molecule has 2 aliphatic heterocycles. The van der Waals surface area contributed by atoms with Gasteiger partial charge < -0.3 is 8.96 Å². The maximum Gasteiger partial charge on any atom is 0.386 e. The highest BCUT2D eigenvalue weighted by Gasteiger charge is 2.32. The molecule has 0 saturated heterocycles. The van der Waals surface area contributed by atoms with Gasteiger partial charge in [0.15, 0.2) is 11.7 Å². The molecule has 0 aliphatic carbocycles. The molecule has 2 aromatic heterocycles. The van der Waals surface area contributed by atoms with Crippen LogP contribution in [0.2, 0.25) is 6.32 Å². The Balaban J connectivity index is 0.00000101. The highest BCUT2D eigenvalue weighted by atomic mass is 15.2. The Kier molecular flexibility index (Phi) is 13.4. The predicted molar refractivity (Wildman–Crippen MR) is 194 cm³/mol. The molecule has 0 N–H and O–H groups in total. The van der Waals surface area contributed by atoms with E-state index in [9.17, 15) is 0 Å². The van der Waals surface area contributed by atoms with E-state index in [1.54, 1.807) is 12.2 Å². The van der Waals surface area contributed by atoms with Crippen LogP contribution in [-0.2, 0) is 0 Å². The summed E-state index contributed by atoms with van der Waals surface area (Å²) in [5.74, 6) is 2.07. The molecular formula is C37H50BN5. The smallest absolute Gasteiger partial charge is 0.353 e. The first-order valence-corrected chi connectivity index (χ1v) is 15.8. The van der Waals surface area contributed by atoms with E-state index in [1.807, 2.05) is 60.6 Å². The summed E-state index contributed by atoms with van der Waals surface area (Å²) in [6.07, 6.45) is 12.6. The molecule has 5 rings (SSSR count). The zero-order valence-corrected chi connectivity index (χ0v) is 28.0. The van der Waals surface area contributed by atoms with E-state index in [0.29, 0.717) is 11.7 Å². The average Bonchev–Trinajstić information content (AvgIpc) is 3.63. The van der Waals surface area contributed by atoms with Crippen LogP contribution in [0.1, 0.15) is 85.1 Å². The maximum atomic E-state index is 5.19. The molecule has 43 heavy (non-hydrogen) atoms. The van der Waals surface area contributed by atoms with Gasteiger partial charge in [0.25, 0.3) is 0 Å². The van der Waals surface area contributed by atoms with Crippen LogP contribution in [0.4, 0.5) is 5.82 Å². The molecule has 6 heteroatoms. The number of nitrogens with zero attached hydrogens (tertiary/aromatic N) is 5. The van der Waals surface area contributed by atoms with Crippen molar-refractivity contribution in [3.8, 4) is 0 Å². The fraction of sp³-hybridized carbons (Fsp3) is 0.324. The van der Waals surface area contributed by atoms with E-state index in [-0.39, 0.29) is 6.98 Å². The topological polar surface area (TPSA) is 46.9 Å². The second-order valence-electron chi connectivity index (χ2n) is 9.34. The lowest BCUT2D eigenvalue weighted by atomic mass is 9.69. The fourth-order valence-corrected chi connectivity index (χ4v) is 5.54. The first-order chi connectivity index (χ1) is 21.0. The largest absolute Gasteiger partial charge is 0.386 e. The van der Waals surface area contributed by atoms with Gasteiger partial charge in [-0.05, 0) is 20.2 Å². The van der Waals surface area contributed by atoms with Gasteiger partial charge in [0, 0.05) is 44.1 Å². The van der Waals surface area contributed by atoms with Crippen LogP contribution in [0.3, 0.4) is 0 Å². The molecule has 3 aromatic rings. The second-order valence-corrected chi connectivity index (χ2v) is 9.34. The SMILES string of the molecule is C=CC1=C(C=C)/C2=N/c3c4ccccc4c(C)n3B(CCCC)n3c(=C)c(C=C)c(/C=C\C)c3=NC1=N2.CC.CC.CC. The third-order valence-corrected chi connectivity index (χ3v) is 7.27. The Morgan fingerprint density at radius 3 is 1.91 bits per heavy atom. The van der Waals surface area contributed by atoms with Crippen molar-refractivity contribution < 1.29 is 0 Å². The fourth-order valence-electron chi connectivity index (χ4n) is 5.54. The van der Waals surface area contributed by atoms with E-state index < -0.39 is 0 Å². The summed E-state index contributed by atoms with van der Waals surface area (Å²) in [7, 11) is 0. The summed E-state index contributed by atoms with van der Waals surface area (Å²) in [4.78, 5) is 15.3. The third-order valence-electron chi connectivity index (χ3n) is 7.27. The number of allylic oxidation sites excluding steroid dienone is 1. The van der Waals surface area contributed by atoms with Crippen molar-refractivity contribution in [3.63, 3.8) is 0 Å². The molecule has 0 saturated carbocycles. The lowest BCUT2D eigenvalue weighted by molar-refractivity contribution is 0.834. The molecule has 0 fully saturated rings. The summed E-state index contributed by atoms with van der Waals surface area (Å²) in [6.45, 7) is 35.1. The van der Waals surface area contributed by atoms with Crippen LogP contribution < -0.4 is 10.8 Å². The minimum atomic E-state index is -0.0758. The lowest BCUT2D eigenvalue weighted by Gasteiger charge is -2.21. The third kappa shape index (κ3) is 6.29. The van der Waals surface area contributed by atoms with Crippen LogP contribution in [-0.4, -0.2) is 27.6 Å². The van der Waals surface area contributed by atoms with Crippen molar-refractivity contribution in [1.29, 1.82) is 0 Å². The van der Waals surface area contributed by atoms with Crippen LogP contribution >= 0.6 is 0 Å². The highest BCUT2D eigenvalue weighted by Crippen LogP contribution is 2.35. The predicted octanol–water partition coefficient (Wildman–Crippen LogP) is 9.34. The molecular weight excluding hydrogens is 525 g/mol. The number of unbranched alkanes of at least 4 members (excludes halogenated alkanes) is 1. The van der Waals surface area contributed by atoms with Gasteiger partial charge in [-0.25, -0.2) is 15.0 Å². The Labute approximate surface area is 260 Å². The molecule has 0 radical (unpaired) electrons. The molecule has 2 aliphatic rings. The van der Waals surface area contributed by atoms with E-state index in [0.717, 1.165) is 69.2 Å². The molecule has 4 heterocycles. The summed E-state index contributed by atoms with van der Waals surface area (Å²) in [5.41, 5.74) is 5.58. The van der Waals surface area contributed by atoms with Gasteiger partial charge in [-0.15, -0.1) is 0 Å². The minimum absolute atomic E-state index is 0.0758. The van der Waals surface area contributed by atoms with Gasteiger partial charge in [0.05, 0.1) is 0 Å². The number of hydrogen-bond acceptors (Lipinski definition) is 3. The zero-order valence-electron chi connectivity index (χ0n) is 28.0. The zero-order chi connectivity index (χ0) is 32.3. The molecule has 0 atom stereocenters. The molecule has 226 valence electrons. The number of aromatic nitrogens is 2. The van der Waals surface area contributed by atoms with Gasteiger partial charge in [0.1, 0.15) is 11.3 Å². The first kappa shape index (κ1) is 35.0. The minimum Gasteiger partial charge on any atom is -0.353 e.